The topological polar surface area (TPSA) is 79.9 Å². The molecule has 1 aliphatic heterocycles. The number of amidine groups is 1. The van der Waals surface area contributed by atoms with Gasteiger partial charge in [-0.15, -0.1) is 0 Å². The second-order valence-electron chi connectivity index (χ2n) is 3.98. The Hall–Kier alpha value is -0.810. The molecule has 0 radical (unpaired) electrons. The lowest BCUT2D eigenvalue weighted by molar-refractivity contribution is 0.0291. The summed E-state index contributed by atoms with van der Waals surface area (Å²) in [6.07, 6.45) is 2.77. The first-order chi connectivity index (χ1) is 6.66. The van der Waals surface area contributed by atoms with Crippen molar-refractivity contribution in [2.75, 3.05) is 19.8 Å². The van der Waals surface area contributed by atoms with Crippen LogP contribution in [-0.2, 0) is 4.74 Å². The molecule has 1 aliphatic rings. The predicted molar refractivity (Wildman–Crippen MR) is 54.5 cm³/mol. The van der Waals surface area contributed by atoms with Gasteiger partial charge in [0.1, 0.15) is 5.84 Å². The van der Waals surface area contributed by atoms with Crippen LogP contribution >= 0.6 is 0 Å². The molecule has 0 aromatic heterocycles. The molecule has 1 unspecified atom stereocenters. The summed E-state index contributed by atoms with van der Waals surface area (Å²) in [7, 11) is 0. The maximum Gasteiger partial charge on any atom is 0.140 e. The Bertz CT molecular complexity index is 200. The fraction of sp³-hybridized carbons (Fsp3) is 0.889. The van der Waals surface area contributed by atoms with Crippen molar-refractivity contribution in [2.45, 2.75) is 31.7 Å². The molecular formula is C9H19N3O2. The van der Waals surface area contributed by atoms with E-state index in [2.05, 4.69) is 17.4 Å². The Kier molecular flexibility index (Phi) is 4.16. The average Bonchev–Trinajstić information content (AvgIpc) is 2.18. The van der Waals surface area contributed by atoms with E-state index >= 15 is 0 Å². The van der Waals surface area contributed by atoms with Crippen molar-refractivity contribution in [3.8, 4) is 0 Å². The monoisotopic (exact) mass is 201 g/mol. The van der Waals surface area contributed by atoms with Crippen molar-refractivity contribution in [1.82, 2.24) is 5.32 Å². The van der Waals surface area contributed by atoms with Crippen molar-refractivity contribution >= 4 is 5.84 Å². The fourth-order valence-corrected chi connectivity index (χ4v) is 1.62. The van der Waals surface area contributed by atoms with Crippen LogP contribution in [0.25, 0.3) is 0 Å². The summed E-state index contributed by atoms with van der Waals surface area (Å²) in [6.45, 7) is 4.45. The zero-order valence-electron chi connectivity index (χ0n) is 8.62. The van der Waals surface area contributed by atoms with Gasteiger partial charge in [-0.1, -0.05) is 5.16 Å². The van der Waals surface area contributed by atoms with Crippen LogP contribution in [-0.4, -0.2) is 36.3 Å². The highest BCUT2D eigenvalue weighted by molar-refractivity contribution is 5.79. The lowest BCUT2D eigenvalue weighted by Crippen LogP contribution is -2.49. The Balaban J connectivity index is 2.22. The summed E-state index contributed by atoms with van der Waals surface area (Å²) in [5, 5.41) is 14.6. The van der Waals surface area contributed by atoms with Crippen molar-refractivity contribution in [3.05, 3.63) is 0 Å². The molecule has 14 heavy (non-hydrogen) atoms. The SMILES string of the molecule is CC1(NCCC(N)=NO)CCCOC1. The molecule has 0 saturated carbocycles. The number of nitrogens with one attached hydrogen (secondary N) is 1. The first kappa shape index (κ1) is 11.3. The summed E-state index contributed by atoms with van der Waals surface area (Å²) >= 11 is 0. The minimum absolute atomic E-state index is 0.0496. The summed E-state index contributed by atoms with van der Waals surface area (Å²) < 4.78 is 5.40. The van der Waals surface area contributed by atoms with E-state index in [0.717, 1.165) is 32.6 Å². The van der Waals surface area contributed by atoms with Gasteiger partial charge in [0.15, 0.2) is 0 Å². The van der Waals surface area contributed by atoms with Crippen LogP contribution in [0.1, 0.15) is 26.2 Å². The number of hydrogen-bond acceptors (Lipinski definition) is 4. The molecule has 0 amide bonds. The zero-order chi connectivity index (χ0) is 10.4. The fourth-order valence-electron chi connectivity index (χ4n) is 1.62. The van der Waals surface area contributed by atoms with E-state index in [9.17, 15) is 0 Å². The lowest BCUT2D eigenvalue weighted by atomic mass is 9.95. The summed E-state index contributed by atoms with van der Waals surface area (Å²) in [6, 6.07) is 0. The third kappa shape index (κ3) is 3.51. The molecule has 82 valence electrons. The summed E-state index contributed by atoms with van der Waals surface area (Å²) in [5.74, 6) is 0.262. The Morgan fingerprint density at radius 1 is 1.71 bits per heavy atom. The second-order valence-corrected chi connectivity index (χ2v) is 3.98. The van der Waals surface area contributed by atoms with Crippen molar-refractivity contribution < 1.29 is 9.94 Å². The highest BCUT2D eigenvalue weighted by atomic mass is 16.5. The van der Waals surface area contributed by atoms with Gasteiger partial charge in [0.05, 0.1) is 6.61 Å². The van der Waals surface area contributed by atoms with Gasteiger partial charge in [0.25, 0.3) is 0 Å². The minimum atomic E-state index is 0.0496. The van der Waals surface area contributed by atoms with E-state index in [1.165, 1.54) is 0 Å². The molecule has 5 heteroatoms. The highest BCUT2D eigenvalue weighted by Gasteiger charge is 2.26. The number of hydrogen-bond donors (Lipinski definition) is 3. The number of ether oxygens (including phenoxy) is 1. The molecule has 5 nitrogen and oxygen atoms in total. The van der Waals surface area contributed by atoms with Crippen LogP contribution in [0.4, 0.5) is 0 Å². The van der Waals surface area contributed by atoms with Crippen LogP contribution < -0.4 is 11.1 Å². The van der Waals surface area contributed by atoms with Crippen LogP contribution in [0.15, 0.2) is 5.16 Å². The standard InChI is InChI=1S/C9H19N3O2/c1-9(4-2-6-14-7-9)11-5-3-8(10)12-13/h11,13H,2-7H2,1H3,(H2,10,12). The average molecular weight is 201 g/mol. The molecule has 1 rings (SSSR count). The molecule has 0 spiro atoms. The molecule has 1 atom stereocenters. The van der Waals surface area contributed by atoms with E-state index in [1.54, 1.807) is 0 Å². The number of rotatable bonds is 4. The third-order valence-electron chi connectivity index (χ3n) is 2.50. The molecule has 0 aromatic rings. The van der Waals surface area contributed by atoms with Crippen molar-refractivity contribution in [2.24, 2.45) is 10.9 Å². The predicted octanol–water partition coefficient (Wildman–Crippen LogP) is 0.282. The first-order valence-corrected chi connectivity index (χ1v) is 4.95. The van der Waals surface area contributed by atoms with E-state index in [4.69, 9.17) is 15.7 Å². The number of oxime groups is 1. The molecule has 1 fully saturated rings. The molecule has 4 N–H and O–H groups in total. The van der Waals surface area contributed by atoms with Crippen LogP contribution in [0.2, 0.25) is 0 Å². The Labute approximate surface area is 84.3 Å². The lowest BCUT2D eigenvalue weighted by Gasteiger charge is -2.34. The van der Waals surface area contributed by atoms with Gasteiger partial charge >= 0.3 is 0 Å². The zero-order valence-corrected chi connectivity index (χ0v) is 8.62. The number of nitrogens with two attached hydrogens (primary N) is 1. The highest BCUT2D eigenvalue weighted by Crippen LogP contribution is 2.17. The first-order valence-electron chi connectivity index (χ1n) is 4.95. The largest absolute Gasteiger partial charge is 0.409 e. The van der Waals surface area contributed by atoms with E-state index in [0.29, 0.717) is 6.42 Å². The van der Waals surface area contributed by atoms with E-state index < -0.39 is 0 Å². The Morgan fingerprint density at radius 2 is 2.50 bits per heavy atom. The Morgan fingerprint density at radius 3 is 3.07 bits per heavy atom. The summed E-state index contributed by atoms with van der Waals surface area (Å²) in [5.41, 5.74) is 5.41. The van der Waals surface area contributed by atoms with Gasteiger partial charge in [0, 0.05) is 25.1 Å². The molecule has 0 aromatic carbocycles. The molecule has 0 aliphatic carbocycles. The van der Waals surface area contributed by atoms with Gasteiger partial charge in [-0.3, -0.25) is 0 Å². The normalized spacial score (nSPS) is 29.1. The van der Waals surface area contributed by atoms with Crippen LogP contribution in [0.5, 0.6) is 0 Å². The van der Waals surface area contributed by atoms with E-state index in [1.807, 2.05) is 0 Å². The maximum absolute atomic E-state index is 8.35. The van der Waals surface area contributed by atoms with Gasteiger partial charge < -0.3 is 21.0 Å². The van der Waals surface area contributed by atoms with Gasteiger partial charge in [-0.2, -0.15) is 0 Å². The minimum Gasteiger partial charge on any atom is -0.409 e. The van der Waals surface area contributed by atoms with Gasteiger partial charge in [-0.25, -0.2) is 0 Å². The molecule has 1 saturated heterocycles. The van der Waals surface area contributed by atoms with E-state index in [-0.39, 0.29) is 11.4 Å². The summed E-state index contributed by atoms with van der Waals surface area (Å²) in [4.78, 5) is 0. The van der Waals surface area contributed by atoms with Gasteiger partial charge in [-0.05, 0) is 19.8 Å². The second kappa shape index (κ2) is 5.17. The molecule has 0 bridgehead atoms. The van der Waals surface area contributed by atoms with Crippen LogP contribution in [0.3, 0.4) is 0 Å². The van der Waals surface area contributed by atoms with Crippen molar-refractivity contribution in [1.29, 1.82) is 0 Å². The molecule has 1 heterocycles. The quantitative estimate of drug-likeness (QED) is 0.264. The number of nitrogens with zero attached hydrogens (tertiary/aromatic N) is 1. The van der Waals surface area contributed by atoms with Gasteiger partial charge in [0.2, 0.25) is 0 Å². The third-order valence-corrected chi connectivity index (χ3v) is 2.50. The molecular weight excluding hydrogens is 182 g/mol. The maximum atomic E-state index is 8.35. The van der Waals surface area contributed by atoms with Crippen molar-refractivity contribution in [3.63, 3.8) is 0 Å². The smallest absolute Gasteiger partial charge is 0.140 e. The van der Waals surface area contributed by atoms with Crippen LogP contribution in [0, 0.1) is 0 Å².